The number of aliphatic hydroxyl groups excluding tert-OH is 1. The Morgan fingerprint density at radius 1 is 1.35 bits per heavy atom. The zero-order chi connectivity index (χ0) is 12.7. The van der Waals surface area contributed by atoms with Crippen molar-refractivity contribution < 1.29 is 9.84 Å². The van der Waals surface area contributed by atoms with Gasteiger partial charge in [0.25, 0.3) is 0 Å². The molecule has 0 heterocycles. The number of likely N-dealkylation sites (N-methyl/N-ethyl adjacent to an activating group) is 1. The van der Waals surface area contributed by atoms with Gasteiger partial charge in [0.05, 0.1) is 6.10 Å². The molecule has 0 spiro atoms. The minimum atomic E-state index is -0.469. The smallest absolute Gasteiger partial charge is 0.0916 e. The van der Waals surface area contributed by atoms with E-state index in [1.54, 1.807) is 7.11 Å². The highest BCUT2D eigenvalue weighted by Crippen LogP contribution is 2.15. The van der Waals surface area contributed by atoms with Gasteiger partial charge in [-0.1, -0.05) is 12.1 Å². The first-order chi connectivity index (χ1) is 8.13. The van der Waals surface area contributed by atoms with E-state index >= 15 is 0 Å². The van der Waals surface area contributed by atoms with Crippen molar-refractivity contribution in [3.63, 3.8) is 0 Å². The van der Waals surface area contributed by atoms with Gasteiger partial charge in [0, 0.05) is 32.5 Å². The Kier molecular flexibility index (Phi) is 5.97. The number of hydrogen-bond acceptors (Lipinski definition) is 4. The molecule has 0 aromatic heterocycles. The van der Waals surface area contributed by atoms with Crippen LogP contribution in [0.2, 0.25) is 0 Å². The van der Waals surface area contributed by atoms with Gasteiger partial charge in [-0.2, -0.15) is 0 Å². The van der Waals surface area contributed by atoms with Gasteiger partial charge in [-0.05, 0) is 31.2 Å². The second-order valence-electron chi connectivity index (χ2n) is 4.29. The van der Waals surface area contributed by atoms with Crippen molar-refractivity contribution in [3.05, 3.63) is 29.8 Å². The minimum Gasteiger partial charge on any atom is -0.399 e. The molecule has 4 heteroatoms. The zero-order valence-electron chi connectivity index (χ0n) is 10.6. The second-order valence-corrected chi connectivity index (χ2v) is 4.29. The molecule has 4 nitrogen and oxygen atoms in total. The van der Waals surface area contributed by atoms with Crippen molar-refractivity contribution in [2.75, 3.05) is 39.6 Å². The summed E-state index contributed by atoms with van der Waals surface area (Å²) in [6, 6.07) is 7.35. The van der Waals surface area contributed by atoms with E-state index in [2.05, 4.69) is 4.90 Å². The van der Waals surface area contributed by atoms with Gasteiger partial charge in [-0.3, -0.25) is 0 Å². The van der Waals surface area contributed by atoms with Crippen LogP contribution in [0.4, 0.5) is 5.69 Å². The fourth-order valence-electron chi connectivity index (χ4n) is 1.69. The van der Waals surface area contributed by atoms with Gasteiger partial charge >= 0.3 is 0 Å². The van der Waals surface area contributed by atoms with Crippen molar-refractivity contribution >= 4 is 5.69 Å². The molecule has 0 aliphatic carbocycles. The summed E-state index contributed by atoms with van der Waals surface area (Å²) in [5.74, 6) is 0. The summed E-state index contributed by atoms with van der Waals surface area (Å²) in [5.41, 5.74) is 7.22. The monoisotopic (exact) mass is 238 g/mol. The van der Waals surface area contributed by atoms with Gasteiger partial charge in [-0.15, -0.1) is 0 Å². The van der Waals surface area contributed by atoms with Crippen molar-refractivity contribution in [2.45, 2.75) is 12.5 Å². The van der Waals surface area contributed by atoms with E-state index < -0.39 is 6.10 Å². The number of hydrogen-bond donors (Lipinski definition) is 2. The normalized spacial score (nSPS) is 12.9. The lowest BCUT2D eigenvalue weighted by molar-refractivity contribution is 0.117. The number of benzene rings is 1. The summed E-state index contributed by atoms with van der Waals surface area (Å²) in [6.45, 7) is 2.29. The molecular formula is C13H22N2O2. The fraction of sp³-hybridized carbons (Fsp3) is 0.538. The number of nitrogen functional groups attached to an aromatic ring is 1. The van der Waals surface area contributed by atoms with Crippen LogP contribution in [0.5, 0.6) is 0 Å². The summed E-state index contributed by atoms with van der Waals surface area (Å²) in [6.07, 6.45) is 0.504. The van der Waals surface area contributed by atoms with Gasteiger partial charge in [0.2, 0.25) is 0 Å². The Morgan fingerprint density at radius 3 is 2.59 bits per heavy atom. The maximum atomic E-state index is 10.0. The van der Waals surface area contributed by atoms with E-state index in [1.807, 2.05) is 31.3 Å². The average molecular weight is 238 g/mol. The number of anilines is 1. The summed E-state index contributed by atoms with van der Waals surface area (Å²) in [5, 5.41) is 10.0. The Labute approximate surface area is 103 Å². The van der Waals surface area contributed by atoms with Gasteiger partial charge in [0.15, 0.2) is 0 Å². The molecule has 17 heavy (non-hydrogen) atoms. The lowest BCUT2D eigenvalue weighted by Gasteiger charge is -2.20. The van der Waals surface area contributed by atoms with Crippen LogP contribution in [-0.2, 0) is 4.74 Å². The highest BCUT2D eigenvalue weighted by Gasteiger charge is 2.10. The predicted octanol–water partition coefficient (Wildman–Crippen LogP) is 1.27. The van der Waals surface area contributed by atoms with E-state index in [0.717, 1.165) is 30.8 Å². The zero-order valence-corrected chi connectivity index (χ0v) is 10.6. The molecule has 96 valence electrons. The molecule has 1 aromatic rings. The molecule has 1 atom stereocenters. The Balaban J connectivity index is 2.37. The number of methoxy groups -OCH3 is 1. The maximum Gasteiger partial charge on any atom is 0.0916 e. The number of rotatable bonds is 7. The molecule has 0 amide bonds. The Morgan fingerprint density at radius 2 is 2.00 bits per heavy atom. The molecule has 0 fully saturated rings. The highest BCUT2D eigenvalue weighted by atomic mass is 16.5. The topological polar surface area (TPSA) is 58.7 Å². The van der Waals surface area contributed by atoms with E-state index in [1.165, 1.54) is 0 Å². The van der Waals surface area contributed by atoms with Gasteiger partial charge < -0.3 is 20.5 Å². The molecule has 0 radical (unpaired) electrons. The van der Waals surface area contributed by atoms with Crippen LogP contribution >= 0.6 is 0 Å². The third kappa shape index (κ3) is 5.17. The quantitative estimate of drug-likeness (QED) is 0.555. The van der Waals surface area contributed by atoms with Crippen LogP contribution in [0, 0.1) is 0 Å². The fourth-order valence-corrected chi connectivity index (χ4v) is 1.69. The first-order valence-corrected chi connectivity index (χ1v) is 5.84. The van der Waals surface area contributed by atoms with Crippen LogP contribution in [0.25, 0.3) is 0 Å². The van der Waals surface area contributed by atoms with E-state index in [-0.39, 0.29) is 0 Å². The number of nitrogens with zero attached hydrogens (tertiary/aromatic N) is 1. The van der Waals surface area contributed by atoms with Crippen LogP contribution in [0.15, 0.2) is 24.3 Å². The standard InChI is InChI=1S/C13H22N2O2/c1-15(8-3-9-17-2)10-13(16)11-4-6-12(14)7-5-11/h4-7,13,16H,3,8-10,14H2,1-2H3. The molecule has 1 unspecified atom stereocenters. The molecule has 0 saturated heterocycles. The molecule has 0 aliphatic heterocycles. The molecule has 3 N–H and O–H groups in total. The summed E-state index contributed by atoms with van der Waals surface area (Å²) in [4.78, 5) is 2.10. The Bertz CT molecular complexity index is 314. The van der Waals surface area contributed by atoms with Crippen molar-refractivity contribution in [3.8, 4) is 0 Å². The molecule has 1 rings (SSSR count). The summed E-state index contributed by atoms with van der Waals surface area (Å²) < 4.78 is 4.99. The Hall–Kier alpha value is -1.10. The third-order valence-electron chi connectivity index (χ3n) is 2.69. The lowest BCUT2D eigenvalue weighted by Crippen LogP contribution is -2.26. The average Bonchev–Trinajstić information content (AvgIpc) is 2.30. The first-order valence-electron chi connectivity index (χ1n) is 5.84. The molecule has 0 saturated carbocycles. The van der Waals surface area contributed by atoms with Crippen LogP contribution in [0.3, 0.4) is 0 Å². The minimum absolute atomic E-state index is 0.469. The maximum absolute atomic E-state index is 10.0. The number of nitrogens with two attached hydrogens (primary N) is 1. The lowest BCUT2D eigenvalue weighted by atomic mass is 10.1. The summed E-state index contributed by atoms with van der Waals surface area (Å²) >= 11 is 0. The van der Waals surface area contributed by atoms with Crippen molar-refractivity contribution in [2.24, 2.45) is 0 Å². The molecule has 0 bridgehead atoms. The van der Waals surface area contributed by atoms with E-state index in [9.17, 15) is 5.11 Å². The second kappa shape index (κ2) is 7.27. The van der Waals surface area contributed by atoms with Gasteiger partial charge in [-0.25, -0.2) is 0 Å². The molecule has 0 aliphatic rings. The van der Waals surface area contributed by atoms with Crippen LogP contribution < -0.4 is 5.73 Å². The number of aliphatic hydroxyl groups is 1. The highest BCUT2D eigenvalue weighted by molar-refractivity contribution is 5.39. The van der Waals surface area contributed by atoms with E-state index in [0.29, 0.717) is 6.54 Å². The third-order valence-corrected chi connectivity index (χ3v) is 2.69. The molecular weight excluding hydrogens is 216 g/mol. The number of ether oxygens (including phenoxy) is 1. The van der Waals surface area contributed by atoms with Crippen molar-refractivity contribution in [1.82, 2.24) is 4.90 Å². The predicted molar refractivity (Wildman–Crippen MR) is 69.8 cm³/mol. The largest absolute Gasteiger partial charge is 0.399 e. The SMILES string of the molecule is COCCCN(C)CC(O)c1ccc(N)cc1. The van der Waals surface area contributed by atoms with Crippen LogP contribution in [0.1, 0.15) is 18.1 Å². The van der Waals surface area contributed by atoms with Crippen LogP contribution in [-0.4, -0.2) is 43.9 Å². The van der Waals surface area contributed by atoms with Gasteiger partial charge in [0.1, 0.15) is 0 Å². The molecule has 1 aromatic carbocycles. The summed E-state index contributed by atoms with van der Waals surface area (Å²) in [7, 11) is 3.69. The van der Waals surface area contributed by atoms with Crippen molar-refractivity contribution in [1.29, 1.82) is 0 Å². The van der Waals surface area contributed by atoms with E-state index in [4.69, 9.17) is 10.5 Å². The first kappa shape index (κ1) is 14.0.